The van der Waals surface area contributed by atoms with Crippen molar-refractivity contribution in [2.24, 2.45) is 17.8 Å². The summed E-state index contributed by atoms with van der Waals surface area (Å²) < 4.78 is 19.2. The van der Waals surface area contributed by atoms with Crippen molar-refractivity contribution in [2.75, 3.05) is 19.8 Å². The second-order valence-corrected chi connectivity index (χ2v) is 11.8. The van der Waals surface area contributed by atoms with E-state index in [4.69, 9.17) is 13.6 Å². The van der Waals surface area contributed by atoms with Gasteiger partial charge in [0.05, 0.1) is 19.8 Å². The van der Waals surface area contributed by atoms with E-state index in [0.717, 1.165) is 19.8 Å². The standard InChI is InChI=1S/C30H63O3P/c1-7-13-16-22-28(19-10-4)25-31-34(32-26-29(20-11-5)23-17-14-8-2)33-27-30(21-12-6)24-18-15-9-3/h28-30H,7-27H2,1-6H3. The Balaban J connectivity index is 4.93. The van der Waals surface area contributed by atoms with E-state index in [2.05, 4.69) is 41.5 Å². The topological polar surface area (TPSA) is 27.7 Å². The maximum atomic E-state index is 6.42. The van der Waals surface area contributed by atoms with Gasteiger partial charge < -0.3 is 13.6 Å². The van der Waals surface area contributed by atoms with Gasteiger partial charge in [-0.3, -0.25) is 0 Å². The highest BCUT2D eigenvalue weighted by Crippen LogP contribution is 2.43. The van der Waals surface area contributed by atoms with Crippen LogP contribution in [0.1, 0.15) is 157 Å². The molecule has 0 N–H and O–H groups in total. The minimum atomic E-state index is -1.25. The number of rotatable bonds is 27. The Morgan fingerprint density at radius 3 is 0.912 bits per heavy atom. The van der Waals surface area contributed by atoms with Crippen LogP contribution in [0.4, 0.5) is 0 Å². The summed E-state index contributed by atoms with van der Waals surface area (Å²) in [6.07, 6.45) is 23.0. The second-order valence-electron chi connectivity index (χ2n) is 10.6. The van der Waals surface area contributed by atoms with E-state index in [0.29, 0.717) is 17.8 Å². The van der Waals surface area contributed by atoms with Crippen molar-refractivity contribution in [3.8, 4) is 0 Å². The largest absolute Gasteiger partial charge is 0.332 e. The number of hydrogen-bond acceptors (Lipinski definition) is 3. The molecule has 0 spiro atoms. The van der Waals surface area contributed by atoms with Gasteiger partial charge in [-0.25, -0.2) is 0 Å². The molecule has 0 aromatic carbocycles. The maximum absolute atomic E-state index is 6.42. The molecule has 3 unspecified atom stereocenters. The summed E-state index contributed by atoms with van der Waals surface area (Å²) in [5.41, 5.74) is 0. The highest BCUT2D eigenvalue weighted by atomic mass is 31.2. The third-order valence-electron chi connectivity index (χ3n) is 6.99. The van der Waals surface area contributed by atoms with Gasteiger partial charge in [-0.1, -0.05) is 119 Å². The lowest BCUT2D eigenvalue weighted by Crippen LogP contribution is -2.14. The molecule has 0 aliphatic carbocycles. The smallest absolute Gasteiger partial charge is 0.312 e. The molecule has 3 nitrogen and oxygen atoms in total. The molecule has 3 atom stereocenters. The molecule has 206 valence electrons. The Morgan fingerprint density at radius 2 is 0.676 bits per heavy atom. The lowest BCUT2D eigenvalue weighted by atomic mass is 9.98. The van der Waals surface area contributed by atoms with Crippen LogP contribution in [0.3, 0.4) is 0 Å². The first-order chi connectivity index (χ1) is 16.6. The van der Waals surface area contributed by atoms with Gasteiger partial charge in [0.25, 0.3) is 0 Å². The van der Waals surface area contributed by atoms with Crippen LogP contribution in [-0.4, -0.2) is 19.8 Å². The molecule has 34 heavy (non-hydrogen) atoms. The first kappa shape index (κ1) is 34.3. The fourth-order valence-corrected chi connectivity index (χ4v) is 6.04. The van der Waals surface area contributed by atoms with Gasteiger partial charge in [-0.2, -0.15) is 0 Å². The highest BCUT2D eigenvalue weighted by Gasteiger charge is 2.21. The third kappa shape index (κ3) is 20.5. The molecule has 0 aliphatic rings. The summed E-state index contributed by atoms with van der Waals surface area (Å²) >= 11 is 0. The molecular formula is C30H63O3P. The molecular weight excluding hydrogens is 439 g/mol. The number of unbranched alkanes of at least 4 members (excludes halogenated alkanes) is 6. The summed E-state index contributed by atoms with van der Waals surface area (Å²) in [5.74, 6) is 1.92. The Labute approximate surface area is 216 Å². The van der Waals surface area contributed by atoms with Gasteiger partial charge in [0.1, 0.15) is 0 Å². The van der Waals surface area contributed by atoms with E-state index in [9.17, 15) is 0 Å². The van der Waals surface area contributed by atoms with Crippen molar-refractivity contribution in [1.29, 1.82) is 0 Å². The molecule has 0 aliphatic heterocycles. The van der Waals surface area contributed by atoms with Crippen LogP contribution in [-0.2, 0) is 13.6 Å². The molecule has 0 heterocycles. The summed E-state index contributed by atoms with van der Waals surface area (Å²) in [5, 5.41) is 0. The molecule has 0 radical (unpaired) electrons. The van der Waals surface area contributed by atoms with Gasteiger partial charge >= 0.3 is 8.60 Å². The molecule has 0 rings (SSSR count). The summed E-state index contributed by atoms with van der Waals surface area (Å²) in [4.78, 5) is 0. The van der Waals surface area contributed by atoms with Crippen LogP contribution < -0.4 is 0 Å². The van der Waals surface area contributed by atoms with Crippen molar-refractivity contribution in [1.82, 2.24) is 0 Å². The van der Waals surface area contributed by atoms with Crippen LogP contribution in [0, 0.1) is 17.8 Å². The summed E-state index contributed by atoms with van der Waals surface area (Å²) in [7, 11) is -1.25. The predicted molar refractivity (Wildman–Crippen MR) is 152 cm³/mol. The van der Waals surface area contributed by atoms with Crippen LogP contribution in [0.2, 0.25) is 0 Å². The molecule has 0 bridgehead atoms. The Hall–Kier alpha value is 0.310. The predicted octanol–water partition coefficient (Wildman–Crippen LogP) is 11.3. The monoisotopic (exact) mass is 502 g/mol. The molecule has 4 heteroatoms. The normalized spacial score (nSPS) is 15.4. The summed E-state index contributed by atoms with van der Waals surface area (Å²) in [6.45, 7) is 16.1. The van der Waals surface area contributed by atoms with Crippen LogP contribution in [0.25, 0.3) is 0 Å². The fourth-order valence-electron chi connectivity index (χ4n) is 4.82. The minimum Gasteiger partial charge on any atom is -0.312 e. The van der Waals surface area contributed by atoms with Gasteiger partial charge in [0.2, 0.25) is 0 Å². The number of hydrogen-bond donors (Lipinski definition) is 0. The van der Waals surface area contributed by atoms with Crippen molar-refractivity contribution in [3.05, 3.63) is 0 Å². The zero-order chi connectivity index (χ0) is 25.3. The average molecular weight is 503 g/mol. The van der Waals surface area contributed by atoms with Crippen LogP contribution >= 0.6 is 8.60 Å². The maximum Gasteiger partial charge on any atom is 0.332 e. The quantitative estimate of drug-likeness (QED) is 0.0825. The Kier molecular flexibility index (Phi) is 26.6. The summed E-state index contributed by atoms with van der Waals surface area (Å²) in [6, 6.07) is 0. The van der Waals surface area contributed by atoms with E-state index in [1.807, 2.05) is 0 Å². The molecule has 0 fully saturated rings. The van der Waals surface area contributed by atoms with Crippen molar-refractivity contribution >= 4 is 8.60 Å². The fraction of sp³-hybridized carbons (Fsp3) is 1.00. The van der Waals surface area contributed by atoms with Gasteiger partial charge in [0.15, 0.2) is 0 Å². The van der Waals surface area contributed by atoms with Crippen molar-refractivity contribution < 1.29 is 13.6 Å². The highest BCUT2D eigenvalue weighted by molar-refractivity contribution is 7.41. The molecule has 0 aromatic rings. The molecule has 0 amide bonds. The van der Waals surface area contributed by atoms with Crippen LogP contribution in [0.15, 0.2) is 0 Å². The lowest BCUT2D eigenvalue weighted by Gasteiger charge is -2.25. The zero-order valence-electron chi connectivity index (χ0n) is 24.3. The van der Waals surface area contributed by atoms with Gasteiger partial charge in [-0.15, -0.1) is 0 Å². The Bertz CT molecular complexity index is 336. The molecule has 0 aromatic heterocycles. The molecule has 0 saturated carbocycles. The molecule has 0 saturated heterocycles. The third-order valence-corrected chi connectivity index (χ3v) is 8.07. The van der Waals surface area contributed by atoms with Crippen LogP contribution in [0.5, 0.6) is 0 Å². The first-order valence-corrected chi connectivity index (χ1v) is 16.4. The van der Waals surface area contributed by atoms with E-state index >= 15 is 0 Å². The minimum absolute atomic E-state index is 0.640. The zero-order valence-corrected chi connectivity index (χ0v) is 25.1. The van der Waals surface area contributed by atoms with Gasteiger partial charge in [-0.05, 0) is 56.3 Å². The van der Waals surface area contributed by atoms with Crippen molar-refractivity contribution in [2.45, 2.75) is 157 Å². The lowest BCUT2D eigenvalue weighted by molar-refractivity contribution is 0.107. The SMILES string of the molecule is CCCCCC(CCC)COP(OCC(CCC)CCCCC)OCC(CCC)CCCCC. The second kappa shape index (κ2) is 26.4. The van der Waals surface area contributed by atoms with E-state index in [-0.39, 0.29) is 0 Å². The van der Waals surface area contributed by atoms with Crippen molar-refractivity contribution in [3.63, 3.8) is 0 Å². The first-order valence-electron chi connectivity index (χ1n) is 15.3. The average Bonchev–Trinajstić information content (AvgIpc) is 2.83. The van der Waals surface area contributed by atoms with E-state index < -0.39 is 8.60 Å². The Morgan fingerprint density at radius 1 is 0.382 bits per heavy atom. The van der Waals surface area contributed by atoms with Gasteiger partial charge in [0, 0.05) is 0 Å². The van der Waals surface area contributed by atoms with E-state index in [1.54, 1.807) is 0 Å². The van der Waals surface area contributed by atoms with E-state index in [1.165, 1.54) is 116 Å².